The van der Waals surface area contributed by atoms with Crippen molar-refractivity contribution >= 4 is 35.0 Å². The van der Waals surface area contributed by atoms with Gasteiger partial charge in [-0.25, -0.2) is 0 Å². The molecule has 0 heterocycles. The van der Waals surface area contributed by atoms with Gasteiger partial charge in [0.05, 0.1) is 10.5 Å². The first-order valence-corrected chi connectivity index (χ1v) is 14.3. The van der Waals surface area contributed by atoms with Crippen molar-refractivity contribution in [3.63, 3.8) is 0 Å². The molecular weight excluding hydrogens is 564 g/mol. The number of nitrogens with zero attached hydrogens (tertiary/aromatic N) is 1. The number of benzene rings is 3. The molecule has 0 radical (unpaired) electrons. The summed E-state index contributed by atoms with van der Waals surface area (Å²) in [6.07, 6.45) is 0.453. The average molecular weight is 603 g/mol. The van der Waals surface area contributed by atoms with Crippen LogP contribution in [0, 0.1) is 16.0 Å². The van der Waals surface area contributed by atoms with Crippen molar-refractivity contribution in [2.24, 2.45) is 5.92 Å². The van der Waals surface area contributed by atoms with E-state index in [-0.39, 0.29) is 42.2 Å². The van der Waals surface area contributed by atoms with Crippen LogP contribution in [0.1, 0.15) is 48.7 Å². The van der Waals surface area contributed by atoms with Crippen LogP contribution in [0.4, 0.5) is 11.4 Å². The molecule has 0 aromatic heterocycles. The van der Waals surface area contributed by atoms with E-state index in [4.69, 9.17) is 5.73 Å². The first-order chi connectivity index (χ1) is 20.9. The lowest BCUT2D eigenvalue weighted by atomic mass is 10.0. The lowest BCUT2D eigenvalue weighted by molar-refractivity contribution is -0.384. The number of para-hydroxylation sites is 1. The maximum atomic E-state index is 13.6. The first kappa shape index (κ1) is 33.2. The summed E-state index contributed by atoms with van der Waals surface area (Å²) in [5, 5.41) is 21.7. The number of hydrogen-bond acceptors (Lipinski definition) is 7. The van der Waals surface area contributed by atoms with Crippen LogP contribution in [0.3, 0.4) is 0 Å². The summed E-state index contributed by atoms with van der Waals surface area (Å²) in [6, 6.07) is 18.5. The Balaban J connectivity index is 1.68. The van der Waals surface area contributed by atoms with Crippen molar-refractivity contribution in [3.05, 3.63) is 106 Å². The summed E-state index contributed by atoms with van der Waals surface area (Å²) >= 11 is 0. The number of nitrogens with one attached hydrogen (secondary N) is 4. The van der Waals surface area contributed by atoms with Crippen LogP contribution in [0.5, 0.6) is 0 Å². The fraction of sp³-hybridized carbons (Fsp3) is 0.312. The third-order valence-electron chi connectivity index (χ3n) is 6.82. The molecule has 232 valence electrons. The van der Waals surface area contributed by atoms with E-state index in [1.807, 2.05) is 44.2 Å². The van der Waals surface area contributed by atoms with Gasteiger partial charge in [-0.3, -0.25) is 29.3 Å². The monoisotopic (exact) mass is 602 g/mol. The minimum Gasteiger partial charge on any atom is -0.398 e. The maximum Gasteiger partial charge on any atom is 0.269 e. The summed E-state index contributed by atoms with van der Waals surface area (Å²) in [5.41, 5.74) is 7.85. The highest BCUT2D eigenvalue weighted by molar-refractivity contribution is 6.02. The van der Waals surface area contributed by atoms with Crippen LogP contribution in [0.2, 0.25) is 0 Å². The zero-order valence-electron chi connectivity index (χ0n) is 24.9. The molecule has 0 fully saturated rings. The number of hydrogen-bond donors (Lipinski definition) is 5. The Morgan fingerprint density at radius 3 is 1.98 bits per heavy atom. The van der Waals surface area contributed by atoms with Crippen LogP contribution >= 0.6 is 0 Å². The summed E-state index contributed by atoms with van der Waals surface area (Å²) < 4.78 is 0. The van der Waals surface area contributed by atoms with Crippen LogP contribution < -0.4 is 27.0 Å². The lowest BCUT2D eigenvalue weighted by Gasteiger charge is -2.25. The molecule has 0 aliphatic heterocycles. The van der Waals surface area contributed by atoms with Gasteiger partial charge in [0, 0.05) is 30.8 Å². The van der Waals surface area contributed by atoms with Crippen LogP contribution in [0.15, 0.2) is 78.9 Å². The Kier molecular flexibility index (Phi) is 12.0. The number of amides is 4. The van der Waals surface area contributed by atoms with E-state index in [2.05, 4.69) is 21.3 Å². The van der Waals surface area contributed by atoms with E-state index < -0.39 is 46.7 Å². The average Bonchev–Trinajstić information content (AvgIpc) is 2.99. The lowest BCUT2D eigenvalue weighted by Crippen LogP contribution is -2.56. The summed E-state index contributed by atoms with van der Waals surface area (Å²) in [7, 11) is 0. The molecule has 0 saturated carbocycles. The molecule has 0 aliphatic rings. The molecule has 4 amide bonds. The van der Waals surface area contributed by atoms with Gasteiger partial charge < -0.3 is 27.0 Å². The van der Waals surface area contributed by atoms with Crippen molar-refractivity contribution < 1.29 is 24.1 Å². The Bertz CT molecular complexity index is 1460. The van der Waals surface area contributed by atoms with E-state index in [0.29, 0.717) is 5.56 Å². The summed E-state index contributed by atoms with van der Waals surface area (Å²) in [5.74, 6) is -2.10. The number of rotatable bonds is 14. The topological polar surface area (TPSA) is 186 Å². The Labute approximate surface area is 255 Å². The molecule has 3 atom stereocenters. The fourth-order valence-corrected chi connectivity index (χ4v) is 4.43. The molecule has 0 saturated heterocycles. The zero-order chi connectivity index (χ0) is 32.2. The highest BCUT2D eigenvalue weighted by atomic mass is 16.6. The molecular formula is C32H38N6O6. The fourth-order valence-electron chi connectivity index (χ4n) is 4.43. The largest absolute Gasteiger partial charge is 0.398 e. The molecule has 3 rings (SSSR count). The highest BCUT2D eigenvalue weighted by Gasteiger charge is 2.29. The molecule has 44 heavy (non-hydrogen) atoms. The molecule has 3 aromatic rings. The predicted octanol–water partition coefficient (Wildman–Crippen LogP) is 2.87. The molecule has 1 unspecified atom stereocenters. The van der Waals surface area contributed by atoms with Gasteiger partial charge in [0.2, 0.25) is 17.7 Å². The zero-order valence-corrected chi connectivity index (χ0v) is 24.9. The predicted molar refractivity (Wildman–Crippen MR) is 166 cm³/mol. The van der Waals surface area contributed by atoms with Gasteiger partial charge in [0.15, 0.2) is 0 Å². The minimum atomic E-state index is -1.02. The maximum absolute atomic E-state index is 13.6. The third-order valence-corrected chi connectivity index (χ3v) is 6.82. The molecule has 0 spiro atoms. The number of carbonyl (C=O) groups is 4. The Hall–Kier alpha value is -5.26. The van der Waals surface area contributed by atoms with Gasteiger partial charge in [-0.05, 0) is 42.5 Å². The quantitative estimate of drug-likeness (QED) is 0.107. The number of non-ortho nitro benzene ring substituents is 1. The third kappa shape index (κ3) is 9.93. The number of anilines is 1. The Morgan fingerprint density at radius 2 is 1.36 bits per heavy atom. The van der Waals surface area contributed by atoms with E-state index in [9.17, 15) is 29.3 Å². The number of nitrogens with two attached hydrogens (primary N) is 1. The van der Waals surface area contributed by atoms with Crippen LogP contribution in [-0.2, 0) is 27.3 Å². The van der Waals surface area contributed by atoms with Crippen LogP contribution in [0.25, 0.3) is 0 Å². The van der Waals surface area contributed by atoms with Gasteiger partial charge in [-0.1, -0.05) is 68.4 Å². The van der Waals surface area contributed by atoms with Gasteiger partial charge in [-0.15, -0.1) is 0 Å². The SMILES string of the molecule is CC(C)C[C@H](NC(=O)C(Cc1ccccc1)NC(=O)c1ccccc1N)C(=O)N[C@@H](C)C(=O)NCc1ccc([N+](=O)[O-])cc1. The number of nitro benzene ring substituents is 1. The minimum absolute atomic E-state index is 0.0172. The molecule has 3 aromatic carbocycles. The van der Waals surface area contributed by atoms with Crippen molar-refractivity contribution in [3.8, 4) is 0 Å². The second-order valence-electron chi connectivity index (χ2n) is 10.9. The number of carbonyl (C=O) groups excluding carboxylic acids is 4. The number of nitrogen functional groups attached to an aromatic ring is 1. The summed E-state index contributed by atoms with van der Waals surface area (Å²) in [4.78, 5) is 63.0. The standard InChI is InChI=1S/C32H38N6O6/c1-20(2)17-27(31(41)35-21(3)29(39)34-19-23-13-15-24(16-14-23)38(43)44)37-32(42)28(18-22-9-5-4-6-10-22)36-30(40)25-11-7-8-12-26(25)33/h4-16,20-21,27-28H,17-19,33H2,1-3H3,(H,34,39)(H,35,41)(H,36,40)(H,37,42)/t21-,27-,28?/m0/s1. The van der Waals surface area contributed by atoms with E-state index in [1.165, 1.54) is 31.2 Å². The second-order valence-corrected chi connectivity index (χ2v) is 10.9. The van der Waals surface area contributed by atoms with Crippen molar-refractivity contribution in [1.82, 2.24) is 21.3 Å². The first-order valence-electron chi connectivity index (χ1n) is 14.3. The number of nitro groups is 1. The van der Waals surface area contributed by atoms with Gasteiger partial charge in [0.25, 0.3) is 11.6 Å². The van der Waals surface area contributed by atoms with Crippen molar-refractivity contribution in [1.29, 1.82) is 0 Å². The Morgan fingerprint density at radius 1 is 0.750 bits per heavy atom. The second kappa shape index (κ2) is 15.8. The summed E-state index contributed by atoms with van der Waals surface area (Å²) in [6.45, 7) is 5.42. The molecule has 12 heteroatoms. The van der Waals surface area contributed by atoms with Gasteiger partial charge in [0.1, 0.15) is 18.1 Å². The van der Waals surface area contributed by atoms with Gasteiger partial charge in [-0.2, -0.15) is 0 Å². The molecule has 0 bridgehead atoms. The van der Waals surface area contributed by atoms with Crippen molar-refractivity contribution in [2.45, 2.75) is 58.3 Å². The highest BCUT2D eigenvalue weighted by Crippen LogP contribution is 2.14. The molecule has 6 N–H and O–H groups in total. The van der Waals surface area contributed by atoms with Crippen LogP contribution in [-0.4, -0.2) is 46.7 Å². The molecule has 12 nitrogen and oxygen atoms in total. The van der Waals surface area contributed by atoms with E-state index in [1.54, 1.807) is 24.3 Å². The van der Waals surface area contributed by atoms with Gasteiger partial charge >= 0.3 is 0 Å². The normalized spacial score (nSPS) is 12.8. The molecule has 0 aliphatic carbocycles. The van der Waals surface area contributed by atoms with Crippen molar-refractivity contribution in [2.75, 3.05) is 5.73 Å². The smallest absolute Gasteiger partial charge is 0.269 e. The van der Waals surface area contributed by atoms with E-state index in [0.717, 1.165) is 5.56 Å². The van der Waals surface area contributed by atoms with E-state index >= 15 is 0 Å².